The van der Waals surface area contributed by atoms with Crippen LogP contribution < -0.4 is 24.8 Å². The molecular formula is C39H42ClN7O5. The number of ether oxygens (including phenoxy) is 3. The van der Waals surface area contributed by atoms with Crippen molar-refractivity contribution < 1.29 is 23.8 Å². The smallest absolute Gasteiger partial charge is 0.237 e. The zero-order valence-electron chi connectivity index (χ0n) is 29.8. The molecule has 2 aromatic heterocycles. The van der Waals surface area contributed by atoms with Crippen LogP contribution in [0.4, 0.5) is 0 Å². The summed E-state index contributed by atoms with van der Waals surface area (Å²) in [5.41, 5.74) is 7.74. The van der Waals surface area contributed by atoms with E-state index in [1.165, 1.54) is 0 Å². The van der Waals surface area contributed by atoms with Crippen molar-refractivity contribution in [2.75, 3.05) is 53.6 Å². The van der Waals surface area contributed by atoms with Crippen molar-refractivity contribution in [1.29, 1.82) is 0 Å². The van der Waals surface area contributed by atoms with Crippen molar-refractivity contribution in [1.82, 2.24) is 35.4 Å². The number of amides is 2. The van der Waals surface area contributed by atoms with Crippen LogP contribution in [0, 0.1) is 12.3 Å². The SMILES string of the molecule is COc1nc(-c2cccc(-c3cccc(-c4cc5c(c(OC)n4)C(NCC4CCC(=O)N4)CO5)c3C)c2Cl)cnc1CN1CC2(C1)CN(C(C)=O)C2. The fourth-order valence-corrected chi connectivity index (χ4v) is 8.45. The van der Waals surface area contributed by atoms with Gasteiger partial charge in [0.15, 0.2) is 0 Å². The molecule has 0 radical (unpaired) electrons. The van der Waals surface area contributed by atoms with Crippen LogP contribution in [0.25, 0.3) is 33.6 Å². The predicted octanol–water partition coefficient (Wildman–Crippen LogP) is 4.82. The van der Waals surface area contributed by atoms with Crippen molar-refractivity contribution in [2.45, 2.75) is 45.3 Å². The average molecular weight is 724 g/mol. The molecular weight excluding hydrogens is 682 g/mol. The Balaban J connectivity index is 1.02. The topological polar surface area (TPSA) is 131 Å². The van der Waals surface area contributed by atoms with E-state index in [9.17, 15) is 9.59 Å². The summed E-state index contributed by atoms with van der Waals surface area (Å²) < 4.78 is 17.7. The fourth-order valence-electron chi connectivity index (χ4n) is 8.13. The van der Waals surface area contributed by atoms with Crippen LogP contribution in [0.1, 0.15) is 42.6 Å². The van der Waals surface area contributed by atoms with Gasteiger partial charge in [-0.1, -0.05) is 48.0 Å². The van der Waals surface area contributed by atoms with Gasteiger partial charge >= 0.3 is 0 Å². The highest BCUT2D eigenvalue weighted by atomic mass is 35.5. The molecule has 3 saturated heterocycles. The summed E-state index contributed by atoms with van der Waals surface area (Å²) in [7, 11) is 3.23. The first-order chi connectivity index (χ1) is 25.1. The Bertz CT molecular complexity index is 2060. The molecule has 12 nitrogen and oxygen atoms in total. The summed E-state index contributed by atoms with van der Waals surface area (Å²) in [6, 6.07) is 14.0. The second-order valence-electron chi connectivity index (χ2n) is 14.4. The number of hydrogen-bond donors (Lipinski definition) is 2. The van der Waals surface area contributed by atoms with E-state index in [0.29, 0.717) is 48.6 Å². The molecule has 8 rings (SSSR count). The quantitative estimate of drug-likeness (QED) is 0.235. The number of aromatic nitrogens is 3. The van der Waals surface area contributed by atoms with Crippen LogP contribution >= 0.6 is 11.6 Å². The number of methoxy groups -OCH3 is 2. The summed E-state index contributed by atoms with van der Waals surface area (Å²) in [5.74, 6) is 1.94. The number of hydrogen-bond acceptors (Lipinski definition) is 10. The maximum absolute atomic E-state index is 11.7. The normalized spacial score (nSPS) is 20.2. The lowest BCUT2D eigenvalue weighted by atomic mass is 9.73. The number of nitrogens with zero attached hydrogens (tertiary/aromatic N) is 5. The van der Waals surface area contributed by atoms with E-state index in [4.69, 9.17) is 40.8 Å². The lowest BCUT2D eigenvalue weighted by molar-refractivity contribution is -0.157. The van der Waals surface area contributed by atoms with Gasteiger partial charge in [-0.05, 0) is 24.5 Å². The maximum Gasteiger partial charge on any atom is 0.237 e. The van der Waals surface area contributed by atoms with Gasteiger partial charge in [0, 0.05) is 86.8 Å². The number of halogens is 1. The first-order valence-corrected chi connectivity index (χ1v) is 18.0. The predicted molar refractivity (Wildman–Crippen MR) is 196 cm³/mol. The van der Waals surface area contributed by atoms with Gasteiger partial charge in [0.25, 0.3) is 0 Å². The van der Waals surface area contributed by atoms with Gasteiger partial charge in [0.05, 0.1) is 48.4 Å². The molecule has 4 aliphatic rings. The molecule has 2 N–H and O–H groups in total. The minimum atomic E-state index is -0.0935. The number of carbonyl (C=O) groups excluding carboxylic acids is 2. The molecule has 6 heterocycles. The van der Waals surface area contributed by atoms with Crippen LogP contribution in [0.5, 0.6) is 17.5 Å². The van der Waals surface area contributed by atoms with E-state index in [-0.39, 0.29) is 29.3 Å². The van der Waals surface area contributed by atoms with Crippen molar-refractivity contribution in [3.63, 3.8) is 0 Å². The molecule has 2 unspecified atom stereocenters. The monoisotopic (exact) mass is 723 g/mol. The molecule has 0 bridgehead atoms. The first kappa shape index (κ1) is 34.3. The lowest BCUT2D eigenvalue weighted by Gasteiger charge is -2.60. The van der Waals surface area contributed by atoms with Crippen molar-refractivity contribution >= 4 is 23.4 Å². The van der Waals surface area contributed by atoms with Crippen molar-refractivity contribution in [2.24, 2.45) is 5.41 Å². The van der Waals surface area contributed by atoms with E-state index < -0.39 is 0 Å². The van der Waals surface area contributed by atoms with Gasteiger partial charge in [-0.25, -0.2) is 9.97 Å². The number of rotatable bonds is 10. The lowest BCUT2D eigenvalue weighted by Crippen LogP contribution is -2.72. The Kier molecular flexibility index (Phi) is 9.01. The third-order valence-corrected chi connectivity index (χ3v) is 11.2. The molecule has 1 spiro atoms. The number of fused-ring (bicyclic) bond motifs is 1. The van der Waals surface area contributed by atoms with Gasteiger partial charge in [-0.15, -0.1) is 0 Å². The van der Waals surface area contributed by atoms with E-state index in [2.05, 4.69) is 28.5 Å². The second kappa shape index (κ2) is 13.6. The van der Waals surface area contributed by atoms with E-state index in [1.807, 2.05) is 41.3 Å². The van der Waals surface area contributed by atoms with Crippen LogP contribution in [0.2, 0.25) is 5.02 Å². The van der Waals surface area contributed by atoms with Crippen LogP contribution in [-0.2, 0) is 16.1 Å². The standard InChI is InChI=1S/C39H42ClN7O5/c1-22-25(7-5-8-26(22)29-13-33-35(38(44-29)51-4)32(17-52-33)41-14-24-11-12-34(49)43-24)27-9-6-10-28(36(27)40)30-15-42-31(37(45-30)50-3)16-46-18-39(19-46)20-47(21-39)23(2)48/h5-10,13,15,24,32,41H,11-12,14,16-21H2,1-4H3,(H,43,49). The summed E-state index contributed by atoms with van der Waals surface area (Å²) >= 11 is 7.18. The van der Waals surface area contributed by atoms with Crippen molar-refractivity contribution in [3.8, 4) is 51.2 Å². The van der Waals surface area contributed by atoms with E-state index >= 15 is 0 Å². The number of likely N-dealkylation sites (tertiary alicyclic amines) is 2. The zero-order valence-corrected chi connectivity index (χ0v) is 30.5. The Morgan fingerprint density at radius 1 is 1.02 bits per heavy atom. The van der Waals surface area contributed by atoms with Gasteiger partial charge < -0.3 is 29.7 Å². The third-order valence-electron chi connectivity index (χ3n) is 10.8. The molecule has 4 aromatic rings. The summed E-state index contributed by atoms with van der Waals surface area (Å²) in [6.07, 6.45) is 3.14. The fraction of sp³-hybridized carbons (Fsp3) is 0.410. The third kappa shape index (κ3) is 6.22. The molecule has 2 aromatic carbocycles. The number of nitrogens with one attached hydrogen (secondary N) is 2. The largest absolute Gasteiger partial charge is 0.491 e. The maximum atomic E-state index is 11.7. The minimum Gasteiger partial charge on any atom is -0.491 e. The molecule has 52 heavy (non-hydrogen) atoms. The number of pyridine rings is 1. The molecule has 4 aliphatic heterocycles. The molecule has 2 amide bonds. The van der Waals surface area contributed by atoms with Gasteiger partial charge in [0.1, 0.15) is 18.1 Å². The van der Waals surface area contributed by atoms with E-state index in [0.717, 1.165) is 83.1 Å². The second-order valence-corrected chi connectivity index (χ2v) is 14.8. The Morgan fingerprint density at radius 3 is 2.44 bits per heavy atom. The van der Waals surface area contributed by atoms with E-state index in [1.54, 1.807) is 27.3 Å². The van der Waals surface area contributed by atoms with Crippen LogP contribution in [0.15, 0.2) is 48.7 Å². The highest BCUT2D eigenvalue weighted by molar-refractivity contribution is 6.36. The zero-order chi connectivity index (χ0) is 36.1. The Labute approximate surface area is 307 Å². The van der Waals surface area contributed by atoms with Crippen molar-refractivity contribution in [3.05, 3.63) is 70.5 Å². The highest BCUT2D eigenvalue weighted by Gasteiger charge is 2.52. The molecule has 3 fully saturated rings. The summed E-state index contributed by atoms with van der Waals surface area (Å²) in [6.45, 7) is 8.92. The summed E-state index contributed by atoms with van der Waals surface area (Å²) in [4.78, 5) is 42.1. The Morgan fingerprint density at radius 2 is 1.73 bits per heavy atom. The van der Waals surface area contributed by atoms with Gasteiger partial charge in [-0.3, -0.25) is 19.5 Å². The molecule has 2 atom stereocenters. The van der Waals surface area contributed by atoms with Crippen LogP contribution in [0.3, 0.4) is 0 Å². The van der Waals surface area contributed by atoms with Crippen LogP contribution in [-0.4, -0.2) is 96.2 Å². The Hall–Kier alpha value is -4.78. The molecule has 270 valence electrons. The molecule has 13 heteroatoms. The first-order valence-electron chi connectivity index (χ1n) is 17.7. The molecule has 0 aliphatic carbocycles. The summed E-state index contributed by atoms with van der Waals surface area (Å²) in [5, 5.41) is 7.10. The number of benzene rings is 2. The minimum absolute atomic E-state index is 0.0935. The number of carbonyl (C=O) groups is 2. The van der Waals surface area contributed by atoms with Gasteiger partial charge in [-0.2, -0.15) is 0 Å². The highest BCUT2D eigenvalue weighted by Crippen LogP contribution is 2.44. The molecule has 0 saturated carbocycles. The average Bonchev–Trinajstić information content (AvgIpc) is 3.73. The van der Waals surface area contributed by atoms with Gasteiger partial charge in [0.2, 0.25) is 23.6 Å².